The van der Waals surface area contributed by atoms with E-state index >= 15 is 0 Å². The van der Waals surface area contributed by atoms with Crippen LogP contribution >= 0.6 is 0 Å². The summed E-state index contributed by atoms with van der Waals surface area (Å²) in [5, 5.41) is 12.1. The van der Waals surface area contributed by atoms with Gasteiger partial charge in [0.05, 0.1) is 29.3 Å². The van der Waals surface area contributed by atoms with Gasteiger partial charge in [-0.05, 0) is 32.9 Å². The van der Waals surface area contributed by atoms with Gasteiger partial charge in [0.25, 0.3) is 17.9 Å². The first-order chi connectivity index (χ1) is 11.6. The summed E-state index contributed by atoms with van der Waals surface area (Å²) >= 11 is 0. The summed E-state index contributed by atoms with van der Waals surface area (Å²) in [6.45, 7) is 5.69. The minimum atomic E-state index is -1.22. The van der Waals surface area contributed by atoms with Crippen LogP contribution in [0.4, 0.5) is 4.79 Å². The zero-order valence-corrected chi connectivity index (χ0v) is 14.7. The molecule has 2 aliphatic heterocycles. The van der Waals surface area contributed by atoms with Gasteiger partial charge in [-0.2, -0.15) is 0 Å². The number of amides is 3. The van der Waals surface area contributed by atoms with E-state index in [-0.39, 0.29) is 35.4 Å². The van der Waals surface area contributed by atoms with Crippen LogP contribution in [0.5, 0.6) is 0 Å². The Kier molecular flexibility index (Phi) is 3.96. The third-order valence-corrected chi connectivity index (χ3v) is 5.52. The van der Waals surface area contributed by atoms with Crippen LogP contribution in [0, 0.1) is 0 Å². The van der Waals surface area contributed by atoms with Crippen LogP contribution in [0.3, 0.4) is 0 Å². The Hall–Kier alpha value is -2.25. The van der Waals surface area contributed by atoms with Gasteiger partial charge in [-0.25, -0.2) is 0 Å². The molecule has 2 heterocycles. The van der Waals surface area contributed by atoms with Crippen molar-refractivity contribution >= 4 is 17.9 Å². The van der Waals surface area contributed by atoms with E-state index in [1.807, 2.05) is 20.8 Å². The standard InChI is InChI=1S/C18H23N3O4/c1-18(2,3)21(17(24)25)10-11(19)8-12(21)9-20-15(22)13-6-4-5-7-14(13)16(20)23/h4-7,11-12H,8-10,19H2,1-3H3/t11-,12-,21?/m1/s1. The van der Waals surface area contributed by atoms with Crippen LogP contribution in [0.1, 0.15) is 47.9 Å². The SMILES string of the molecule is CC(C)(C)[N+]1(C(=O)[O-])C[C@H](N)C[C@@H]1CN1C(=O)c2ccccc2C1=O. The molecule has 0 radical (unpaired) electrons. The molecule has 1 aromatic carbocycles. The molecule has 0 spiro atoms. The number of fused-ring (bicyclic) bond motifs is 1. The monoisotopic (exact) mass is 345 g/mol. The maximum atomic E-state index is 12.6. The van der Waals surface area contributed by atoms with Crippen molar-refractivity contribution in [2.75, 3.05) is 13.1 Å². The van der Waals surface area contributed by atoms with E-state index in [0.29, 0.717) is 17.5 Å². The Morgan fingerprint density at radius 2 is 1.76 bits per heavy atom. The third kappa shape index (κ3) is 2.46. The number of rotatable bonds is 2. The van der Waals surface area contributed by atoms with Crippen molar-refractivity contribution in [3.8, 4) is 0 Å². The van der Waals surface area contributed by atoms with Gasteiger partial charge in [0.1, 0.15) is 12.6 Å². The lowest BCUT2D eigenvalue weighted by Crippen LogP contribution is -2.71. The second-order valence-corrected chi connectivity index (χ2v) is 7.90. The third-order valence-electron chi connectivity index (χ3n) is 5.52. The fraction of sp³-hybridized carbons (Fsp3) is 0.500. The molecule has 0 saturated carbocycles. The molecular weight excluding hydrogens is 322 g/mol. The molecule has 134 valence electrons. The van der Waals surface area contributed by atoms with Gasteiger partial charge in [0.15, 0.2) is 0 Å². The smallest absolute Gasteiger partial charge is 0.261 e. The van der Waals surface area contributed by atoms with E-state index in [4.69, 9.17) is 5.73 Å². The van der Waals surface area contributed by atoms with E-state index in [9.17, 15) is 19.5 Å². The Labute approximate surface area is 146 Å². The molecule has 2 aliphatic rings. The lowest BCUT2D eigenvalue weighted by molar-refractivity contribution is -0.929. The van der Waals surface area contributed by atoms with Crippen LogP contribution < -0.4 is 10.8 Å². The summed E-state index contributed by atoms with van der Waals surface area (Å²) in [6.07, 6.45) is -0.805. The van der Waals surface area contributed by atoms with Crippen LogP contribution in [0.15, 0.2) is 24.3 Å². The van der Waals surface area contributed by atoms with Gasteiger partial charge in [-0.3, -0.25) is 19.0 Å². The van der Waals surface area contributed by atoms with Gasteiger partial charge >= 0.3 is 0 Å². The number of hydrogen-bond acceptors (Lipinski definition) is 5. The molecule has 1 aromatic rings. The second kappa shape index (κ2) is 5.64. The van der Waals surface area contributed by atoms with Crippen molar-refractivity contribution < 1.29 is 24.0 Å². The van der Waals surface area contributed by atoms with Gasteiger partial charge in [0.2, 0.25) is 0 Å². The number of carbonyl (C=O) groups is 3. The number of carbonyl (C=O) groups excluding carboxylic acids is 3. The number of imide groups is 1. The minimum absolute atomic E-state index is 0.0191. The summed E-state index contributed by atoms with van der Waals surface area (Å²) in [4.78, 5) is 38.5. The Bertz CT molecular complexity index is 720. The first-order valence-electron chi connectivity index (χ1n) is 8.40. The van der Waals surface area contributed by atoms with E-state index < -0.39 is 17.7 Å². The van der Waals surface area contributed by atoms with E-state index in [1.165, 1.54) is 0 Å². The zero-order chi connectivity index (χ0) is 18.6. The fourth-order valence-corrected chi connectivity index (χ4v) is 4.27. The molecule has 0 aliphatic carbocycles. The van der Waals surface area contributed by atoms with Gasteiger partial charge in [-0.15, -0.1) is 0 Å². The van der Waals surface area contributed by atoms with Crippen molar-refractivity contribution in [3.63, 3.8) is 0 Å². The van der Waals surface area contributed by atoms with Crippen molar-refractivity contribution in [1.82, 2.24) is 4.90 Å². The van der Waals surface area contributed by atoms with Crippen molar-refractivity contribution in [2.24, 2.45) is 5.73 Å². The average Bonchev–Trinajstić information content (AvgIpc) is 2.99. The van der Waals surface area contributed by atoms with E-state index in [1.54, 1.807) is 24.3 Å². The van der Waals surface area contributed by atoms with E-state index in [2.05, 4.69) is 0 Å². The summed E-state index contributed by atoms with van der Waals surface area (Å²) in [7, 11) is 0. The minimum Gasteiger partial charge on any atom is -0.498 e. The summed E-state index contributed by atoms with van der Waals surface area (Å²) in [5.74, 6) is -0.766. The molecule has 0 aromatic heterocycles. The largest absolute Gasteiger partial charge is 0.498 e. The molecular formula is C18H23N3O4. The Balaban J connectivity index is 1.96. The number of benzene rings is 1. The Morgan fingerprint density at radius 1 is 1.24 bits per heavy atom. The van der Waals surface area contributed by atoms with Gasteiger partial charge < -0.3 is 15.6 Å². The molecule has 1 fully saturated rings. The van der Waals surface area contributed by atoms with Crippen LogP contribution in [-0.4, -0.2) is 58.0 Å². The summed E-state index contributed by atoms with van der Waals surface area (Å²) in [5.41, 5.74) is 6.11. The normalized spacial score (nSPS) is 29.2. The maximum Gasteiger partial charge on any atom is 0.261 e. The molecule has 3 rings (SSSR count). The number of hydrogen-bond donors (Lipinski definition) is 1. The van der Waals surface area contributed by atoms with Gasteiger partial charge in [0, 0.05) is 6.42 Å². The van der Waals surface area contributed by atoms with Crippen LogP contribution in [-0.2, 0) is 0 Å². The number of quaternary nitrogens is 1. The van der Waals surface area contributed by atoms with E-state index in [0.717, 1.165) is 4.90 Å². The average molecular weight is 345 g/mol. The highest BCUT2D eigenvalue weighted by atomic mass is 16.4. The molecule has 25 heavy (non-hydrogen) atoms. The van der Waals surface area contributed by atoms with Crippen molar-refractivity contribution in [1.29, 1.82) is 0 Å². The highest BCUT2D eigenvalue weighted by molar-refractivity contribution is 6.21. The lowest BCUT2D eigenvalue weighted by Gasteiger charge is -2.49. The lowest BCUT2D eigenvalue weighted by atomic mass is 9.99. The van der Waals surface area contributed by atoms with Crippen LogP contribution in [0.2, 0.25) is 0 Å². The predicted molar refractivity (Wildman–Crippen MR) is 88.5 cm³/mol. The summed E-state index contributed by atoms with van der Waals surface area (Å²) in [6, 6.07) is 5.81. The zero-order valence-electron chi connectivity index (χ0n) is 14.7. The molecule has 2 N–H and O–H groups in total. The molecule has 1 unspecified atom stereocenters. The summed E-state index contributed by atoms with van der Waals surface area (Å²) < 4.78 is -0.360. The second-order valence-electron chi connectivity index (χ2n) is 7.90. The van der Waals surface area contributed by atoms with Crippen molar-refractivity contribution in [2.45, 2.75) is 44.8 Å². The fourth-order valence-electron chi connectivity index (χ4n) is 4.27. The first-order valence-corrected chi connectivity index (χ1v) is 8.40. The Morgan fingerprint density at radius 3 is 2.20 bits per heavy atom. The molecule has 1 saturated heterocycles. The molecule has 3 atom stereocenters. The van der Waals surface area contributed by atoms with Gasteiger partial charge in [-0.1, -0.05) is 12.1 Å². The predicted octanol–water partition coefficient (Wildman–Crippen LogP) is 0.341. The number of likely N-dealkylation sites (tertiary alicyclic amines) is 1. The molecule has 7 heteroatoms. The number of nitrogens with zero attached hydrogens (tertiary/aromatic N) is 2. The first kappa shape index (κ1) is 17.6. The topological polar surface area (TPSA) is 104 Å². The van der Waals surface area contributed by atoms with Crippen molar-refractivity contribution in [3.05, 3.63) is 35.4 Å². The number of nitrogens with two attached hydrogens (primary N) is 1. The number of carboxylic acid groups (broad SMARTS) is 1. The quantitative estimate of drug-likeness (QED) is 0.615. The molecule has 3 amide bonds. The molecule has 0 bridgehead atoms. The molecule has 7 nitrogen and oxygen atoms in total. The highest BCUT2D eigenvalue weighted by Crippen LogP contribution is 2.37. The highest BCUT2D eigenvalue weighted by Gasteiger charge is 2.56. The van der Waals surface area contributed by atoms with Crippen LogP contribution in [0.25, 0.3) is 0 Å². The maximum absolute atomic E-state index is 12.6.